The molecule has 0 spiro atoms. The van der Waals surface area contributed by atoms with Gasteiger partial charge in [0.2, 0.25) is 0 Å². The van der Waals surface area contributed by atoms with Gasteiger partial charge in [0.25, 0.3) is 0 Å². The van der Waals surface area contributed by atoms with E-state index in [0.29, 0.717) is 13.1 Å². The van der Waals surface area contributed by atoms with Crippen LogP contribution >= 0.6 is 0 Å². The van der Waals surface area contributed by atoms with Crippen molar-refractivity contribution in [2.75, 3.05) is 13.1 Å². The van der Waals surface area contributed by atoms with Gasteiger partial charge in [-0.2, -0.15) is 0 Å². The lowest BCUT2D eigenvalue weighted by atomic mass is 9.82. The van der Waals surface area contributed by atoms with E-state index in [-0.39, 0.29) is 11.5 Å². The Hall–Kier alpha value is -1.06. The summed E-state index contributed by atoms with van der Waals surface area (Å²) in [7, 11) is 0. The second-order valence-corrected chi connectivity index (χ2v) is 5.64. The van der Waals surface area contributed by atoms with Gasteiger partial charge in [-0.1, -0.05) is 32.9 Å². The van der Waals surface area contributed by atoms with E-state index in [0.717, 1.165) is 12.2 Å². The summed E-state index contributed by atoms with van der Waals surface area (Å²) in [5.74, 6) is 0.832. The molecular formula is C15H23NO2. The minimum Gasteiger partial charge on any atom is -0.486 e. The predicted molar refractivity (Wildman–Crippen MR) is 73.1 cm³/mol. The van der Waals surface area contributed by atoms with Crippen molar-refractivity contribution >= 4 is 0 Å². The molecule has 0 aromatic heterocycles. The number of hydrogen-bond acceptors (Lipinski definition) is 3. The molecule has 1 aromatic carbocycles. The van der Waals surface area contributed by atoms with Crippen LogP contribution in [0.1, 0.15) is 32.8 Å². The topological polar surface area (TPSA) is 41.5 Å². The zero-order chi connectivity index (χ0) is 13.2. The van der Waals surface area contributed by atoms with Gasteiger partial charge in [0.05, 0.1) is 0 Å². The Balaban J connectivity index is 2.04. The van der Waals surface area contributed by atoms with Crippen molar-refractivity contribution in [3.8, 4) is 5.75 Å². The molecule has 1 heterocycles. The third kappa shape index (κ3) is 2.85. The Morgan fingerprint density at radius 3 is 2.44 bits per heavy atom. The summed E-state index contributed by atoms with van der Waals surface area (Å²) >= 11 is 0. The molecule has 0 radical (unpaired) electrons. The highest BCUT2D eigenvalue weighted by Crippen LogP contribution is 2.28. The maximum atomic E-state index is 9.68. The number of β-amino-alcohol motifs (C(OH)–C–C–N with tert-alkyl or cyclic N) is 1. The molecule has 2 N–H and O–H groups in total. The normalized spacial score (nSPS) is 24.2. The molecular weight excluding hydrogens is 226 g/mol. The van der Waals surface area contributed by atoms with Crippen molar-refractivity contribution < 1.29 is 9.84 Å². The van der Waals surface area contributed by atoms with Crippen molar-refractivity contribution in [3.05, 3.63) is 29.8 Å². The summed E-state index contributed by atoms with van der Waals surface area (Å²) in [5, 5.41) is 12.8. The van der Waals surface area contributed by atoms with E-state index in [1.54, 1.807) is 0 Å². The lowest BCUT2D eigenvalue weighted by molar-refractivity contribution is 0.0737. The van der Waals surface area contributed by atoms with Crippen LogP contribution in [0, 0.1) is 0 Å². The number of benzene rings is 1. The lowest BCUT2D eigenvalue weighted by Crippen LogP contribution is -2.29. The Labute approximate surface area is 109 Å². The number of aliphatic hydroxyl groups excluding tert-OH is 1. The summed E-state index contributed by atoms with van der Waals surface area (Å²) in [5.41, 5.74) is 1.52. The summed E-state index contributed by atoms with van der Waals surface area (Å²) in [6.07, 6.45) is 0.574. The van der Waals surface area contributed by atoms with Crippen LogP contribution in [0.25, 0.3) is 0 Å². The van der Waals surface area contributed by atoms with E-state index in [9.17, 15) is 5.11 Å². The SMILES string of the molecule is CCC(C)(C)c1ccc(OC2CNCC2O)cc1. The number of nitrogens with one attached hydrogen (secondary N) is 1. The monoisotopic (exact) mass is 249 g/mol. The van der Waals surface area contributed by atoms with Gasteiger partial charge in [0.1, 0.15) is 18.0 Å². The average molecular weight is 249 g/mol. The zero-order valence-corrected chi connectivity index (χ0v) is 11.4. The van der Waals surface area contributed by atoms with Crippen LogP contribution in [0.5, 0.6) is 5.75 Å². The van der Waals surface area contributed by atoms with Gasteiger partial charge in [-0.05, 0) is 29.5 Å². The summed E-state index contributed by atoms with van der Waals surface area (Å²) < 4.78 is 5.78. The first-order chi connectivity index (χ1) is 8.53. The van der Waals surface area contributed by atoms with Gasteiger partial charge in [-0.25, -0.2) is 0 Å². The van der Waals surface area contributed by atoms with Crippen molar-refractivity contribution in [3.63, 3.8) is 0 Å². The molecule has 2 rings (SSSR count). The van der Waals surface area contributed by atoms with Gasteiger partial charge in [0, 0.05) is 13.1 Å². The minimum atomic E-state index is -0.406. The average Bonchev–Trinajstić information content (AvgIpc) is 2.76. The zero-order valence-electron chi connectivity index (χ0n) is 11.4. The molecule has 0 aliphatic carbocycles. The second-order valence-electron chi connectivity index (χ2n) is 5.64. The summed E-state index contributed by atoms with van der Waals surface area (Å²) in [6, 6.07) is 8.23. The van der Waals surface area contributed by atoms with Crippen LogP contribution in [-0.4, -0.2) is 30.4 Å². The Morgan fingerprint density at radius 1 is 1.28 bits per heavy atom. The van der Waals surface area contributed by atoms with Gasteiger partial charge < -0.3 is 15.2 Å². The van der Waals surface area contributed by atoms with E-state index in [1.165, 1.54) is 5.56 Å². The molecule has 2 atom stereocenters. The maximum absolute atomic E-state index is 9.68. The van der Waals surface area contributed by atoms with Crippen LogP contribution in [-0.2, 0) is 5.41 Å². The molecule has 1 aliphatic rings. The first kappa shape index (κ1) is 13.4. The molecule has 3 nitrogen and oxygen atoms in total. The molecule has 0 amide bonds. The molecule has 1 fully saturated rings. The molecule has 3 heteroatoms. The third-order valence-corrected chi connectivity index (χ3v) is 3.94. The molecule has 1 aromatic rings. The fourth-order valence-electron chi connectivity index (χ4n) is 2.12. The van der Waals surface area contributed by atoms with Crippen LogP contribution in [0.15, 0.2) is 24.3 Å². The van der Waals surface area contributed by atoms with Gasteiger partial charge >= 0.3 is 0 Å². The maximum Gasteiger partial charge on any atom is 0.138 e. The molecule has 1 saturated heterocycles. The first-order valence-electron chi connectivity index (χ1n) is 6.69. The first-order valence-corrected chi connectivity index (χ1v) is 6.69. The number of hydrogen-bond donors (Lipinski definition) is 2. The van der Waals surface area contributed by atoms with E-state index < -0.39 is 6.10 Å². The fraction of sp³-hybridized carbons (Fsp3) is 0.600. The minimum absolute atomic E-state index is 0.130. The fourth-order valence-corrected chi connectivity index (χ4v) is 2.12. The molecule has 100 valence electrons. The molecule has 2 unspecified atom stereocenters. The van der Waals surface area contributed by atoms with Crippen LogP contribution in [0.3, 0.4) is 0 Å². The smallest absolute Gasteiger partial charge is 0.138 e. The highest BCUT2D eigenvalue weighted by atomic mass is 16.5. The molecule has 0 saturated carbocycles. The van der Waals surface area contributed by atoms with E-state index >= 15 is 0 Å². The van der Waals surface area contributed by atoms with E-state index in [2.05, 4.69) is 38.2 Å². The summed E-state index contributed by atoms with van der Waals surface area (Å²) in [6.45, 7) is 8.01. The highest BCUT2D eigenvalue weighted by molar-refractivity contribution is 5.31. The van der Waals surface area contributed by atoms with E-state index in [4.69, 9.17) is 4.74 Å². The van der Waals surface area contributed by atoms with Crippen LogP contribution in [0.4, 0.5) is 0 Å². The molecule has 1 aliphatic heterocycles. The van der Waals surface area contributed by atoms with E-state index in [1.807, 2.05) is 12.1 Å². The van der Waals surface area contributed by atoms with Gasteiger partial charge in [0.15, 0.2) is 0 Å². The predicted octanol–water partition coefficient (Wildman–Crippen LogP) is 2.09. The molecule has 0 bridgehead atoms. The Bertz CT molecular complexity index is 386. The van der Waals surface area contributed by atoms with Crippen molar-refractivity contribution in [1.82, 2.24) is 5.32 Å². The Morgan fingerprint density at radius 2 is 1.94 bits per heavy atom. The quantitative estimate of drug-likeness (QED) is 0.858. The third-order valence-electron chi connectivity index (χ3n) is 3.94. The van der Waals surface area contributed by atoms with Crippen LogP contribution in [0.2, 0.25) is 0 Å². The van der Waals surface area contributed by atoms with Gasteiger partial charge in [-0.3, -0.25) is 0 Å². The van der Waals surface area contributed by atoms with Crippen molar-refractivity contribution in [2.24, 2.45) is 0 Å². The second kappa shape index (κ2) is 5.29. The Kier molecular flexibility index (Phi) is 3.93. The molecule has 18 heavy (non-hydrogen) atoms. The lowest BCUT2D eigenvalue weighted by Gasteiger charge is -2.24. The number of rotatable bonds is 4. The van der Waals surface area contributed by atoms with Crippen LogP contribution < -0.4 is 10.1 Å². The number of ether oxygens (including phenoxy) is 1. The number of aliphatic hydroxyl groups is 1. The van der Waals surface area contributed by atoms with Gasteiger partial charge in [-0.15, -0.1) is 0 Å². The van der Waals surface area contributed by atoms with Crippen molar-refractivity contribution in [1.29, 1.82) is 0 Å². The largest absolute Gasteiger partial charge is 0.486 e. The standard InChI is InChI=1S/C15H23NO2/c1-4-15(2,3)11-5-7-12(8-6-11)18-14-10-16-9-13(14)17/h5-8,13-14,16-17H,4,9-10H2,1-3H3. The van der Waals surface area contributed by atoms with Crippen molar-refractivity contribution in [2.45, 2.75) is 44.8 Å². The highest BCUT2D eigenvalue weighted by Gasteiger charge is 2.26. The summed E-state index contributed by atoms with van der Waals surface area (Å²) in [4.78, 5) is 0.